The number of benzene rings is 3. The summed E-state index contributed by atoms with van der Waals surface area (Å²) in [6.07, 6.45) is 0.00286. The second kappa shape index (κ2) is 13.7. The number of halogens is 1. The van der Waals surface area contributed by atoms with Crippen molar-refractivity contribution in [3.63, 3.8) is 0 Å². The van der Waals surface area contributed by atoms with E-state index in [1.165, 1.54) is 22.1 Å². The van der Waals surface area contributed by atoms with Crippen molar-refractivity contribution in [2.24, 2.45) is 4.99 Å². The van der Waals surface area contributed by atoms with Crippen molar-refractivity contribution in [2.75, 3.05) is 19.6 Å². The van der Waals surface area contributed by atoms with Crippen LogP contribution in [0, 0.1) is 0 Å². The van der Waals surface area contributed by atoms with E-state index in [4.69, 9.17) is 16.6 Å². The lowest BCUT2D eigenvalue weighted by Crippen LogP contribution is -2.37. The number of sulfonamides is 1. The Labute approximate surface area is 250 Å². The lowest BCUT2D eigenvalue weighted by molar-refractivity contribution is -0.127. The molecule has 1 aliphatic rings. The Morgan fingerprint density at radius 2 is 1.73 bits per heavy atom. The van der Waals surface area contributed by atoms with Crippen molar-refractivity contribution in [3.05, 3.63) is 95.0 Å². The summed E-state index contributed by atoms with van der Waals surface area (Å²) in [6, 6.07) is 21.9. The average molecular weight is 613 g/mol. The SMILES string of the molecule is CCN(CC)S(=O)(=O)c1cccc(N=C2S[C@H](C)CN2C(=O)C[C@H](NC(=O)c2ccccc2Cl)c2ccccc2)c1. The summed E-state index contributed by atoms with van der Waals surface area (Å²) in [6.45, 7) is 6.77. The molecule has 2 amide bonds. The second-order valence-corrected chi connectivity index (χ2v) is 13.3. The molecule has 1 fully saturated rings. The van der Waals surface area contributed by atoms with E-state index < -0.39 is 16.1 Å². The van der Waals surface area contributed by atoms with Gasteiger partial charge in [-0.1, -0.05) is 92.7 Å². The summed E-state index contributed by atoms with van der Waals surface area (Å²) in [7, 11) is -3.65. The number of amidine groups is 1. The number of rotatable bonds is 10. The molecule has 41 heavy (non-hydrogen) atoms. The van der Waals surface area contributed by atoms with Gasteiger partial charge in [0.2, 0.25) is 15.9 Å². The molecule has 1 saturated heterocycles. The maximum Gasteiger partial charge on any atom is 0.253 e. The quantitative estimate of drug-likeness (QED) is 0.308. The number of hydrogen-bond acceptors (Lipinski definition) is 6. The molecule has 0 bridgehead atoms. The van der Waals surface area contributed by atoms with Crippen molar-refractivity contribution in [1.82, 2.24) is 14.5 Å². The van der Waals surface area contributed by atoms with Crippen LogP contribution in [0.3, 0.4) is 0 Å². The van der Waals surface area contributed by atoms with Gasteiger partial charge in [0.25, 0.3) is 5.91 Å². The lowest BCUT2D eigenvalue weighted by atomic mass is 10.0. The van der Waals surface area contributed by atoms with Crippen molar-refractivity contribution in [2.45, 2.75) is 43.4 Å². The summed E-state index contributed by atoms with van der Waals surface area (Å²) >= 11 is 7.70. The zero-order chi connectivity index (χ0) is 29.6. The maximum atomic E-state index is 13.7. The van der Waals surface area contributed by atoms with Gasteiger partial charge in [0.1, 0.15) is 0 Å². The summed E-state index contributed by atoms with van der Waals surface area (Å²) in [5.41, 5.74) is 1.56. The van der Waals surface area contributed by atoms with Crippen LogP contribution in [0.25, 0.3) is 0 Å². The largest absolute Gasteiger partial charge is 0.345 e. The molecule has 4 rings (SSSR count). The maximum absolute atomic E-state index is 13.7. The van der Waals surface area contributed by atoms with E-state index in [0.29, 0.717) is 41.1 Å². The Balaban J connectivity index is 1.59. The molecule has 216 valence electrons. The van der Waals surface area contributed by atoms with Crippen LogP contribution in [-0.2, 0) is 14.8 Å². The minimum Gasteiger partial charge on any atom is -0.345 e. The fraction of sp³-hybridized carbons (Fsp3) is 0.300. The molecule has 0 saturated carbocycles. The Kier molecular flexibility index (Phi) is 10.2. The van der Waals surface area contributed by atoms with Crippen LogP contribution >= 0.6 is 23.4 Å². The van der Waals surface area contributed by atoms with E-state index in [2.05, 4.69) is 5.32 Å². The standard InChI is InChI=1S/C30H33ClN4O4S2/c1-4-34(5-2)41(38,39)24-15-11-14-23(18-24)32-30-35(20-21(3)40-30)28(36)19-27(22-12-7-6-8-13-22)33-29(37)25-16-9-10-17-26(25)31/h6-18,21,27H,4-5,19-20H2,1-3H3,(H,33,37)/t21-,27+/m1/s1. The normalized spacial score (nSPS) is 17.1. The molecular weight excluding hydrogens is 580 g/mol. The first-order valence-corrected chi connectivity index (χ1v) is 16.1. The number of carbonyl (C=O) groups is 2. The molecule has 11 heteroatoms. The molecule has 0 aromatic heterocycles. The number of nitrogens with one attached hydrogen (secondary N) is 1. The number of amides is 2. The zero-order valence-corrected chi connectivity index (χ0v) is 25.5. The van der Waals surface area contributed by atoms with Gasteiger partial charge in [-0.15, -0.1) is 0 Å². The van der Waals surface area contributed by atoms with Crippen LogP contribution in [0.15, 0.2) is 88.8 Å². The third-order valence-corrected chi connectivity index (χ3v) is 10.1. The number of thioether (sulfide) groups is 1. The van der Waals surface area contributed by atoms with Crippen LogP contribution in [0.2, 0.25) is 5.02 Å². The van der Waals surface area contributed by atoms with E-state index in [1.54, 1.807) is 61.2 Å². The molecule has 3 aromatic rings. The molecule has 3 aromatic carbocycles. The molecule has 1 aliphatic heterocycles. The lowest BCUT2D eigenvalue weighted by Gasteiger charge is -2.23. The Morgan fingerprint density at radius 1 is 1.05 bits per heavy atom. The van der Waals surface area contributed by atoms with Gasteiger partial charge in [-0.05, 0) is 35.9 Å². The fourth-order valence-electron chi connectivity index (χ4n) is 4.55. The summed E-state index contributed by atoms with van der Waals surface area (Å²) in [4.78, 5) is 33.3. The monoisotopic (exact) mass is 612 g/mol. The molecule has 8 nitrogen and oxygen atoms in total. The topological polar surface area (TPSA) is 99.2 Å². The smallest absolute Gasteiger partial charge is 0.253 e. The highest BCUT2D eigenvalue weighted by Crippen LogP contribution is 2.31. The van der Waals surface area contributed by atoms with Gasteiger partial charge in [-0.25, -0.2) is 13.4 Å². The van der Waals surface area contributed by atoms with Crippen molar-refractivity contribution < 1.29 is 18.0 Å². The van der Waals surface area contributed by atoms with E-state index in [9.17, 15) is 18.0 Å². The first-order valence-electron chi connectivity index (χ1n) is 13.4. The number of nitrogens with zero attached hydrogens (tertiary/aromatic N) is 3. The van der Waals surface area contributed by atoms with E-state index in [0.717, 1.165) is 5.56 Å². The third-order valence-electron chi connectivity index (χ3n) is 6.67. The number of hydrogen-bond donors (Lipinski definition) is 1. The predicted octanol–water partition coefficient (Wildman–Crippen LogP) is 5.88. The van der Waals surface area contributed by atoms with Gasteiger partial charge in [0.05, 0.1) is 33.6 Å². The van der Waals surface area contributed by atoms with Crippen LogP contribution in [0.1, 0.15) is 49.2 Å². The molecule has 0 spiro atoms. The first kappa shape index (κ1) is 30.8. The number of carbonyl (C=O) groups excluding carboxylic acids is 2. The molecule has 1 N–H and O–H groups in total. The Hall–Kier alpha value is -3.18. The van der Waals surface area contributed by atoms with Gasteiger partial charge in [0, 0.05) is 24.9 Å². The van der Waals surface area contributed by atoms with Crippen molar-refractivity contribution in [3.8, 4) is 0 Å². The average Bonchev–Trinajstić information content (AvgIpc) is 3.33. The molecule has 1 heterocycles. The van der Waals surface area contributed by atoms with E-state index >= 15 is 0 Å². The molecule has 0 unspecified atom stereocenters. The van der Waals surface area contributed by atoms with Gasteiger partial charge < -0.3 is 5.32 Å². The minimum absolute atomic E-state index is 0.00286. The molecular formula is C30H33ClN4O4S2. The highest BCUT2D eigenvalue weighted by molar-refractivity contribution is 8.14. The van der Waals surface area contributed by atoms with Crippen molar-refractivity contribution >= 4 is 56.1 Å². The van der Waals surface area contributed by atoms with Crippen LogP contribution in [-0.4, -0.2) is 59.5 Å². The van der Waals surface area contributed by atoms with E-state index in [1.807, 2.05) is 37.3 Å². The van der Waals surface area contributed by atoms with Crippen LogP contribution in [0.4, 0.5) is 5.69 Å². The van der Waals surface area contributed by atoms with Gasteiger partial charge in [-0.3, -0.25) is 14.5 Å². The summed E-state index contributed by atoms with van der Waals surface area (Å²) < 4.78 is 27.5. The van der Waals surface area contributed by atoms with E-state index in [-0.39, 0.29) is 28.4 Å². The summed E-state index contributed by atoms with van der Waals surface area (Å²) in [5, 5.41) is 3.88. The highest BCUT2D eigenvalue weighted by Gasteiger charge is 2.33. The first-order chi connectivity index (χ1) is 19.6. The van der Waals surface area contributed by atoms with Gasteiger partial charge in [0.15, 0.2) is 5.17 Å². The predicted molar refractivity (Wildman–Crippen MR) is 165 cm³/mol. The van der Waals surface area contributed by atoms with Crippen molar-refractivity contribution in [1.29, 1.82) is 0 Å². The fourth-order valence-corrected chi connectivity index (χ4v) is 7.32. The highest BCUT2D eigenvalue weighted by atomic mass is 35.5. The second-order valence-electron chi connectivity index (χ2n) is 9.53. The number of aliphatic imine (C=N–C) groups is 1. The Bertz CT molecular complexity index is 1530. The molecule has 0 radical (unpaired) electrons. The minimum atomic E-state index is -3.65. The Morgan fingerprint density at radius 3 is 2.41 bits per heavy atom. The zero-order valence-electron chi connectivity index (χ0n) is 23.2. The van der Waals surface area contributed by atoms with Gasteiger partial charge >= 0.3 is 0 Å². The van der Waals surface area contributed by atoms with Gasteiger partial charge in [-0.2, -0.15) is 4.31 Å². The molecule has 2 atom stereocenters. The van der Waals surface area contributed by atoms with Crippen LogP contribution in [0.5, 0.6) is 0 Å². The van der Waals surface area contributed by atoms with Crippen LogP contribution < -0.4 is 5.32 Å². The third kappa shape index (κ3) is 7.37. The molecule has 0 aliphatic carbocycles. The summed E-state index contributed by atoms with van der Waals surface area (Å²) in [5.74, 6) is -0.581.